The standard InChI is InChI=1S/C22H22IN3O/c1-27-20-10-9-18-16(6-4-12-25-18)21(20)22-15(5-2-3-11-24)17-13-14(23)7-8-19(17)26-22/h4,6-10,12-13,26H,2-3,5,11,24H2,1H3. The second-order valence-corrected chi connectivity index (χ2v) is 7.87. The molecule has 0 saturated heterocycles. The predicted octanol–water partition coefficient (Wildman–Crippen LogP) is 5.28. The van der Waals surface area contributed by atoms with Crippen LogP contribution in [0.5, 0.6) is 5.75 Å². The maximum atomic E-state index is 5.74. The first-order chi connectivity index (χ1) is 13.2. The second kappa shape index (κ2) is 7.86. The lowest BCUT2D eigenvalue weighted by Gasteiger charge is -2.13. The summed E-state index contributed by atoms with van der Waals surface area (Å²) in [5.74, 6) is 0.858. The number of aryl methyl sites for hydroxylation is 1. The number of aromatic nitrogens is 2. The summed E-state index contributed by atoms with van der Waals surface area (Å²) in [6, 6.07) is 14.6. The lowest BCUT2D eigenvalue weighted by Crippen LogP contribution is -2.00. The van der Waals surface area contributed by atoms with Crippen LogP contribution in [0.15, 0.2) is 48.7 Å². The van der Waals surface area contributed by atoms with Crippen LogP contribution in [0.4, 0.5) is 0 Å². The Morgan fingerprint density at radius 1 is 1.11 bits per heavy atom. The molecule has 0 bridgehead atoms. The maximum absolute atomic E-state index is 5.74. The molecule has 0 spiro atoms. The summed E-state index contributed by atoms with van der Waals surface area (Å²) in [5, 5.41) is 2.37. The molecule has 0 amide bonds. The van der Waals surface area contributed by atoms with Gasteiger partial charge < -0.3 is 15.5 Å². The number of ether oxygens (including phenoxy) is 1. The third-order valence-electron chi connectivity index (χ3n) is 4.97. The molecule has 0 aliphatic rings. The minimum Gasteiger partial charge on any atom is -0.496 e. The average molecular weight is 471 g/mol. The first kappa shape index (κ1) is 18.3. The van der Waals surface area contributed by atoms with E-state index in [0.717, 1.165) is 59.2 Å². The molecule has 4 aromatic rings. The molecule has 0 saturated carbocycles. The molecule has 0 aliphatic heterocycles. The van der Waals surface area contributed by atoms with Gasteiger partial charge in [-0.25, -0.2) is 0 Å². The number of H-pyrrole nitrogens is 1. The van der Waals surface area contributed by atoms with Gasteiger partial charge in [-0.1, -0.05) is 6.07 Å². The second-order valence-electron chi connectivity index (χ2n) is 6.63. The first-order valence-electron chi connectivity index (χ1n) is 9.15. The van der Waals surface area contributed by atoms with Crippen molar-refractivity contribution in [1.82, 2.24) is 9.97 Å². The molecular weight excluding hydrogens is 449 g/mol. The fourth-order valence-corrected chi connectivity index (χ4v) is 4.19. The van der Waals surface area contributed by atoms with Crippen LogP contribution < -0.4 is 10.5 Å². The predicted molar refractivity (Wildman–Crippen MR) is 120 cm³/mol. The quantitative estimate of drug-likeness (QED) is 0.297. The van der Waals surface area contributed by atoms with Crippen molar-refractivity contribution in [2.24, 2.45) is 5.73 Å². The van der Waals surface area contributed by atoms with Crippen LogP contribution in [-0.2, 0) is 6.42 Å². The van der Waals surface area contributed by atoms with Gasteiger partial charge >= 0.3 is 0 Å². The largest absolute Gasteiger partial charge is 0.496 e. The van der Waals surface area contributed by atoms with Gasteiger partial charge in [-0.2, -0.15) is 0 Å². The van der Waals surface area contributed by atoms with E-state index in [1.54, 1.807) is 7.11 Å². The monoisotopic (exact) mass is 471 g/mol. The Hall–Kier alpha value is -2.12. The molecule has 3 N–H and O–H groups in total. The van der Waals surface area contributed by atoms with Gasteiger partial charge in [0.2, 0.25) is 0 Å². The lowest BCUT2D eigenvalue weighted by atomic mass is 9.97. The Balaban J connectivity index is 2.01. The highest BCUT2D eigenvalue weighted by molar-refractivity contribution is 14.1. The van der Waals surface area contributed by atoms with Gasteiger partial charge in [0.1, 0.15) is 5.75 Å². The Labute approximate surface area is 172 Å². The SMILES string of the molecule is COc1ccc2ncccc2c1-c1[nH]c2ccc(I)cc2c1CCCCN. The summed E-state index contributed by atoms with van der Waals surface area (Å²) in [7, 11) is 1.72. The van der Waals surface area contributed by atoms with Crippen LogP contribution in [0, 0.1) is 3.57 Å². The van der Waals surface area contributed by atoms with Crippen LogP contribution in [0.3, 0.4) is 0 Å². The van der Waals surface area contributed by atoms with Crippen molar-refractivity contribution in [1.29, 1.82) is 0 Å². The van der Waals surface area contributed by atoms with E-state index in [-0.39, 0.29) is 0 Å². The minimum atomic E-state index is 0.719. The molecule has 5 heteroatoms. The minimum absolute atomic E-state index is 0.719. The fraction of sp³-hybridized carbons (Fsp3) is 0.227. The number of nitrogens with zero attached hydrogens (tertiary/aromatic N) is 1. The first-order valence-corrected chi connectivity index (χ1v) is 10.2. The van der Waals surface area contributed by atoms with Gasteiger partial charge in [0, 0.05) is 31.6 Å². The van der Waals surface area contributed by atoms with Crippen LogP contribution >= 0.6 is 22.6 Å². The van der Waals surface area contributed by atoms with E-state index in [1.807, 2.05) is 24.4 Å². The zero-order valence-corrected chi connectivity index (χ0v) is 17.4. The van der Waals surface area contributed by atoms with Gasteiger partial charge in [0.25, 0.3) is 0 Å². The number of methoxy groups -OCH3 is 1. The zero-order valence-electron chi connectivity index (χ0n) is 15.3. The number of halogens is 1. The molecule has 27 heavy (non-hydrogen) atoms. The highest BCUT2D eigenvalue weighted by atomic mass is 127. The van der Waals surface area contributed by atoms with Crippen molar-refractivity contribution >= 4 is 44.4 Å². The normalized spacial score (nSPS) is 11.4. The van der Waals surface area contributed by atoms with Crippen molar-refractivity contribution < 1.29 is 4.74 Å². The number of unbranched alkanes of at least 4 members (excludes halogenated alkanes) is 1. The van der Waals surface area contributed by atoms with Crippen LogP contribution in [0.2, 0.25) is 0 Å². The fourth-order valence-electron chi connectivity index (χ4n) is 3.70. The number of rotatable bonds is 6. The summed E-state index contributed by atoms with van der Waals surface area (Å²) >= 11 is 2.37. The number of pyridine rings is 1. The number of nitrogens with one attached hydrogen (secondary N) is 1. The number of hydrogen-bond acceptors (Lipinski definition) is 3. The molecule has 4 nitrogen and oxygen atoms in total. The van der Waals surface area contributed by atoms with Gasteiger partial charge in [0.05, 0.1) is 18.3 Å². The Morgan fingerprint density at radius 3 is 2.81 bits per heavy atom. The highest BCUT2D eigenvalue weighted by Gasteiger charge is 2.19. The number of nitrogens with two attached hydrogens (primary N) is 1. The van der Waals surface area contributed by atoms with E-state index in [2.05, 4.69) is 56.8 Å². The summed E-state index contributed by atoms with van der Waals surface area (Å²) in [5.41, 5.74) is 11.4. The van der Waals surface area contributed by atoms with E-state index in [1.165, 1.54) is 14.5 Å². The van der Waals surface area contributed by atoms with Crippen molar-refractivity contribution in [3.63, 3.8) is 0 Å². The summed E-state index contributed by atoms with van der Waals surface area (Å²) in [6.45, 7) is 0.719. The zero-order chi connectivity index (χ0) is 18.8. The van der Waals surface area contributed by atoms with Crippen LogP contribution in [0.25, 0.3) is 33.1 Å². The molecule has 0 fully saturated rings. The molecule has 0 atom stereocenters. The van der Waals surface area contributed by atoms with Crippen molar-refractivity contribution in [3.05, 3.63) is 57.8 Å². The number of fused-ring (bicyclic) bond motifs is 2. The molecular formula is C22H22IN3O. The molecule has 2 aromatic carbocycles. The molecule has 2 aromatic heterocycles. The van der Waals surface area contributed by atoms with Gasteiger partial charge in [-0.15, -0.1) is 0 Å². The molecule has 138 valence electrons. The van der Waals surface area contributed by atoms with Gasteiger partial charge in [0.15, 0.2) is 0 Å². The van der Waals surface area contributed by atoms with E-state index < -0.39 is 0 Å². The molecule has 0 unspecified atom stereocenters. The third kappa shape index (κ3) is 3.41. The lowest BCUT2D eigenvalue weighted by molar-refractivity contribution is 0.417. The van der Waals surface area contributed by atoms with Crippen molar-refractivity contribution in [3.8, 4) is 17.0 Å². The Kier molecular flexibility index (Phi) is 5.31. The van der Waals surface area contributed by atoms with Crippen LogP contribution in [-0.4, -0.2) is 23.6 Å². The maximum Gasteiger partial charge on any atom is 0.128 e. The number of aromatic amines is 1. The van der Waals surface area contributed by atoms with Gasteiger partial charge in [-0.05, 0) is 90.4 Å². The van der Waals surface area contributed by atoms with Gasteiger partial charge in [-0.3, -0.25) is 4.98 Å². The number of benzene rings is 2. The Bertz CT molecular complexity index is 1100. The Morgan fingerprint density at radius 2 is 2.00 bits per heavy atom. The highest BCUT2D eigenvalue weighted by Crippen LogP contribution is 2.41. The third-order valence-corrected chi connectivity index (χ3v) is 5.64. The summed E-state index contributed by atoms with van der Waals surface area (Å²) in [6.07, 6.45) is 4.89. The summed E-state index contributed by atoms with van der Waals surface area (Å²) < 4.78 is 6.97. The molecule has 2 heterocycles. The van der Waals surface area contributed by atoms with E-state index in [9.17, 15) is 0 Å². The van der Waals surface area contributed by atoms with E-state index in [0.29, 0.717) is 0 Å². The molecule has 0 radical (unpaired) electrons. The van der Waals surface area contributed by atoms with E-state index in [4.69, 9.17) is 10.5 Å². The van der Waals surface area contributed by atoms with Crippen molar-refractivity contribution in [2.75, 3.05) is 13.7 Å². The average Bonchev–Trinajstić information content (AvgIpc) is 3.04. The smallest absolute Gasteiger partial charge is 0.128 e. The molecule has 4 rings (SSSR count). The van der Waals surface area contributed by atoms with Crippen LogP contribution in [0.1, 0.15) is 18.4 Å². The topological polar surface area (TPSA) is 63.9 Å². The van der Waals surface area contributed by atoms with Crippen molar-refractivity contribution in [2.45, 2.75) is 19.3 Å². The van der Waals surface area contributed by atoms with E-state index >= 15 is 0 Å². The molecule has 0 aliphatic carbocycles. The number of hydrogen-bond donors (Lipinski definition) is 2. The summed E-state index contributed by atoms with van der Waals surface area (Å²) in [4.78, 5) is 8.19.